The summed E-state index contributed by atoms with van der Waals surface area (Å²) in [5.74, 6) is 2.41. The Kier molecular flexibility index (Phi) is 6.86. The normalized spacial score (nSPS) is 12.2. The summed E-state index contributed by atoms with van der Waals surface area (Å²) in [6.07, 6.45) is 4.92. The van der Waals surface area contributed by atoms with E-state index in [4.69, 9.17) is 0 Å². The van der Waals surface area contributed by atoms with Gasteiger partial charge in [-0.15, -0.1) is 0 Å². The average Bonchev–Trinajstić information content (AvgIpc) is 2.30. The van der Waals surface area contributed by atoms with Crippen molar-refractivity contribution in [1.29, 1.82) is 0 Å². The van der Waals surface area contributed by atoms with Gasteiger partial charge in [0.15, 0.2) is 0 Å². The van der Waals surface area contributed by atoms with Gasteiger partial charge >= 0.3 is 0 Å². The summed E-state index contributed by atoms with van der Waals surface area (Å²) in [6.45, 7) is 7.43. The third-order valence-electron chi connectivity index (χ3n) is 2.43. The highest BCUT2D eigenvalue weighted by molar-refractivity contribution is 7.99. The maximum atomic E-state index is 4.22. The van der Waals surface area contributed by atoms with Gasteiger partial charge in [-0.1, -0.05) is 6.92 Å². The van der Waals surface area contributed by atoms with Crippen LogP contribution in [0.5, 0.6) is 0 Å². The highest BCUT2D eigenvalue weighted by Gasteiger charge is 2.02. The van der Waals surface area contributed by atoms with Crippen molar-refractivity contribution in [3.8, 4) is 0 Å². The monoisotopic (exact) mass is 253 g/mol. The minimum Gasteiger partial charge on any atom is -0.384 e. The van der Waals surface area contributed by atoms with E-state index in [2.05, 4.69) is 42.5 Å². The molecule has 0 saturated carbocycles. The number of hydrogen-bond acceptors (Lipinski definition) is 4. The minimum atomic E-state index is 0.493. The largest absolute Gasteiger partial charge is 0.384 e. The van der Waals surface area contributed by atoms with Gasteiger partial charge in [-0.3, -0.25) is 4.98 Å². The predicted octanol–water partition coefficient (Wildman–Crippen LogP) is 3.46. The van der Waals surface area contributed by atoms with Gasteiger partial charge in [0.2, 0.25) is 0 Å². The molecule has 1 atom stereocenters. The van der Waals surface area contributed by atoms with Gasteiger partial charge in [-0.05, 0) is 37.8 Å². The predicted molar refractivity (Wildman–Crippen MR) is 79.1 cm³/mol. The summed E-state index contributed by atoms with van der Waals surface area (Å²) in [6, 6.07) is 2.60. The molecule has 17 heavy (non-hydrogen) atoms. The van der Waals surface area contributed by atoms with E-state index in [-0.39, 0.29) is 0 Å². The number of nitrogens with one attached hydrogen (secondary N) is 2. The van der Waals surface area contributed by atoms with Crippen molar-refractivity contribution in [2.45, 2.75) is 33.2 Å². The molecule has 0 aliphatic heterocycles. The Bertz CT molecular complexity index is 317. The first-order chi connectivity index (χ1) is 8.26. The maximum absolute atomic E-state index is 4.22. The Morgan fingerprint density at radius 3 is 2.76 bits per heavy atom. The van der Waals surface area contributed by atoms with E-state index >= 15 is 0 Å². The summed E-state index contributed by atoms with van der Waals surface area (Å²) in [7, 11) is 0. The molecule has 3 nitrogen and oxygen atoms in total. The lowest BCUT2D eigenvalue weighted by Gasteiger charge is -2.15. The van der Waals surface area contributed by atoms with Crippen LogP contribution in [0.25, 0.3) is 0 Å². The molecular formula is C13H23N3S. The molecule has 0 fully saturated rings. The summed E-state index contributed by atoms with van der Waals surface area (Å²) >= 11 is 1.99. The molecule has 0 aromatic carbocycles. The molecule has 0 aliphatic carbocycles. The van der Waals surface area contributed by atoms with E-state index in [1.807, 2.05) is 24.2 Å². The second-order valence-corrected chi connectivity index (χ2v) is 5.42. The zero-order valence-electron chi connectivity index (χ0n) is 11.0. The molecule has 0 spiro atoms. The van der Waals surface area contributed by atoms with Crippen LogP contribution < -0.4 is 10.6 Å². The highest BCUT2D eigenvalue weighted by Crippen LogP contribution is 2.15. The standard InChI is InChI=1S/C13H23N3S/c1-4-15-12-8-13(10-14-9-12)16-11(3)6-7-17-5-2/h8-11,15-16H,4-7H2,1-3H3. The summed E-state index contributed by atoms with van der Waals surface area (Å²) < 4.78 is 0. The van der Waals surface area contributed by atoms with Crippen molar-refractivity contribution in [3.05, 3.63) is 18.5 Å². The molecular weight excluding hydrogens is 230 g/mol. The van der Waals surface area contributed by atoms with Crippen molar-refractivity contribution in [2.24, 2.45) is 0 Å². The second kappa shape index (κ2) is 8.23. The van der Waals surface area contributed by atoms with Crippen LogP contribution in [-0.4, -0.2) is 29.1 Å². The van der Waals surface area contributed by atoms with E-state index in [1.54, 1.807) is 0 Å². The lowest BCUT2D eigenvalue weighted by molar-refractivity contribution is 0.771. The number of anilines is 2. The molecule has 4 heteroatoms. The van der Waals surface area contributed by atoms with E-state index < -0.39 is 0 Å². The van der Waals surface area contributed by atoms with Crippen molar-refractivity contribution < 1.29 is 0 Å². The van der Waals surface area contributed by atoms with Gasteiger partial charge in [0.1, 0.15) is 0 Å². The maximum Gasteiger partial charge on any atom is 0.0549 e. The topological polar surface area (TPSA) is 37.0 Å². The number of pyridine rings is 1. The summed E-state index contributed by atoms with van der Waals surface area (Å²) in [5, 5.41) is 6.75. The van der Waals surface area contributed by atoms with Crippen LogP contribution in [0.2, 0.25) is 0 Å². The van der Waals surface area contributed by atoms with E-state index in [0.717, 1.165) is 17.9 Å². The van der Waals surface area contributed by atoms with Crippen LogP contribution in [0, 0.1) is 0 Å². The SMILES string of the molecule is CCNc1cncc(NC(C)CCSCC)c1. The quantitative estimate of drug-likeness (QED) is 0.696. The Hall–Kier alpha value is -0.900. The molecule has 0 bridgehead atoms. The average molecular weight is 253 g/mol. The zero-order chi connectivity index (χ0) is 12.5. The third kappa shape index (κ3) is 5.82. The molecule has 1 heterocycles. The number of hydrogen-bond donors (Lipinski definition) is 2. The first kappa shape index (κ1) is 14.2. The van der Waals surface area contributed by atoms with E-state index in [9.17, 15) is 0 Å². The van der Waals surface area contributed by atoms with Crippen LogP contribution in [0.4, 0.5) is 11.4 Å². The van der Waals surface area contributed by atoms with Crippen molar-refractivity contribution in [1.82, 2.24) is 4.98 Å². The molecule has 96 valence electrons. The molecule has 0 aliphatic rings. The van der Waals surface area contributed by atoms with Crippen LogP contribution in [-0.2, 0) is 0 Å². The fourth-order valence-corrected chi connectivity index (χ4v) is 2.39. The molecule has 1 aromatic heterocycles. The first-order valence-electron chi connectivity index (χ1n) is 6.29. The Morgan fingerprint density at radius 2 is 2.06 bits per heavy atom. The fraction of sp³-hybridized carbons (Fsp3) is 0.615. The van der Waals surface area contributed by atoms with Gasteiger partial charge in [0.05, 0.1) is 23.8 Å². The zero-order valence-corrected chi connectivity index (χ0v) is 11.8. The third-order valence-corrected chi connectivity index (χ3v) is 3.36. The number of nitrogens with zero attached hydrogens (tertiary/aromatic N) is 1. The molecule has 2 N–H and O–H groups in total. The Morgan fingerprint density at radius 1 is 1.29 bits per heavy atom. The highest BCUT2D eigenvalue weighted by atomic mass is 32.2. The van der Waals surface area contributed by atoms with Crippen LogP contribution >= 0.6 is 11.8 Å². The van der Waals surface area contributed by atoms with Crippen molar-refractivity contribution >= 4 is 23.1 Å². The molecule has 1 unspecified atom stereocenters. The van der Waals surface area contributed by atoms with Gasteiger partial charge in [0, 0.05) is 12.6 Å². The van der Waals surface area contributed by atoms with Crippen LogP contribution in [0.1, 0.15) is 27.2 Å². The van der Waals surface area contributed by atoms with E-state index in [1.165, 1.54) is 17.9 Å². The van der Waals surface area contributed by atoms with Crippen LogP contribution in [0.3, 0.4) is 0 Å². The van der Waals surface area contributed by atoms with Gasteiger partial charge in [-0.2, -0.15) is 11.8 Å². The van der Waals surface area contributed by atoms with Crippen molar-refractivity contribution in [3.63, 3.8) is 0 Å². The number of rotatable bonds is 8. The van der Waals surface area contributed by atoms with Gasteiger partial charge in [0.25, 0.3) is 0 Å². The van der Waals surface area contributed by atoms with E-state index in [0.29, 0.717) is 6.04 Å². The minimum absolute atomic E-state index is 0.493. The summed E-state index contributed by atoms with van der Waals surface area (Å²) in [4.78, 5) is 4.22. The summed E-state index contributed by atoms with van der Waals surface area (Å²) in [5.41, 5.74) is 2.17. The van der Waals surface area contributed by atoms with Crippen LogP contribution in [0.15, 0.2) is 18.5 Å². The molecule has 1 rings (SSSR count). The van der Waals surface area contributed by atoms with Gasteiger partial charge < -0.3 is 10.6 Å². The lowest BCUT2D eigenvalue weighted by atomic mass is 10.2. The molecule has 0 radical (unpaired) electrons. The Labute approximate surface area is 109 Å². The molecule has 0 amide bonds. The Balaban J connectivity index is 2.41. The van der Waals surface area contributed by atoms with Crippen molar-refractivity contribution in [2.75, 3.05) is 28.7 Å². The smallest absolute Gasteiger partial charge is 0.0549 e. The molecule has 1 aromatic rings. The van der Waals surface area contributed by atoms with Gasteiger partial charge in [-0.25, -0.2) is 0 Å². The number of aromatic nitrogens is 1. The second-order valence-electron chi connectivity index (χ2n) is 4.02. The first-order valence-corrected chi connectivity index (χ1v) is 7.45. The lowest BCUT2D eigenvalue weighted by Crippen LogP contribution is -2.16. The fourth-order valence-electron chi connectivity index (χ4n) is 1.58. The number of thioether (sulfide) groups is 1. The molecule has 0 saturated heterocycles.